The third kappa shape index (κ3) is 4.92. The maximum atomic E-state index is 11.9. The highest BCUT2D eigenvalue weighted by Crippen LogP contribution is 2.32. The Labute approximate surface area is 154 Å². The summed E-state index contributed by atoms with van der Waals surface area (Å²) < 4.78 is 10.5. The maximum absolute atomic E-state index is 11.9. The average Bonchev–Trinajstić information content (AvgIpc) is 3.27. The number of hydrogen-bond donors (Lipinski definition) is 2. The SMILES string of the molecule is CCCc1nnc(NC(=O)CCC(=O)NCc2ccc3c(c2)OCO3)s1. The standard InChI is InChI=1S/C17H20N4O4S/c1-2-3-16-20-21-17(26-16)19-15(23)7-6-14(22)18-9-11-4-5-12-13(8-11)25-10-24-12/h4-5,8H,2-3,6-7,9-10H2,1H3,(H,18,22)(H,19,21,23). The third-order valence-electron chi connectivity index (χ3n) is 3.68. The van der Waals surface area contributed by atoms with E-state index in [-0.39, 0.29) is 31.4 Å². The van der Waals surface area contributed by atoms with Crippen molar-refractivity contribution < 1.29 is 19.1 Å². The molecule has 1 aliphatic rings. The Morgan fingerprint density at radius 1 is 1.15 bits per heavy atom. The van der Waals surface area contributed by atoms with Gasteiger partial charge in [0.15, 0.2) is 11.5 Å². The van der Waals surface area contributed by atoms with Crippen LogP contribution in [0.2, 0.25) is 0 Å². The van der Waals surface area contributed by atoms with Gasteiger partial charge in [-0.15, -0.1) is 10.2 Å². The first kappa shape index (κ1) is 18.1. The summed E-state index contributed by atoms with van der Waals surface area (Å²) in [6.45, 7) is 2.64. The van der Waals surface area contributed by atoms with Crippen molar-refractivity contribution in [2.45, 2.75) is 39.2 Å². The maximum Gasteiger partial charge on any atom is 0.231 e. The molecule has 26 heavy (non-hydrogen) atoms. The number of amides is 2. The molecule has 0 aliphatic carbocycles. The predicted molar refractivity (Wildman–Crippen MR) is 96.2 cm³/mol. The number of carbonyl (C=O) groups excluding carboxylic acids is 2. The van der Waals surface area contributed by atoms with Gasteiger partial charge in [0.25, 0.3) is 0 Å². The van der Waals surface area contributed by atoms with E-state index in [0.717, 1.165) is 23.4 Å². The van der Waals surface area contributed by atoms with Gasteiger partial charge in [0.2, 0.25) is 23.7 Å². The Hall–Kier alpha value is -2.68. The number of hydrogen-bond acceptors (Lipinski definition) is 7. The van der Waals surface area contributed by atoms with E-state index in [1.54, 1.807) is 0 Å². The second-order valence-electron chi connectivity index (χ2n) is 5.76. The van der Waals surface area contributed by atoms with Gasteiger partial charge in [-0.3, -0.25) is 9.59 Å². The van der Waals surface area contributed by atoms with E-state index in [1.807, 2.05) is 18.2 Å². The summed E-state index contributed by atoms with van der Waals surface area (Å²) in [5.74, 6) is 0.940. The monoisotopic (exact) mass is 376 g/mol. The lowest BCUT2D eigenvalue weighted by atomic mass is 10.2. The van der Waals surface area contributed by atoms with Crippen LogP contribution in [-0.4, -0.2) is 28.8 Å². The van der Waals surface area contributed by atoms with Crippen molar-refractivity contribution in [1.29, 1.82) is 0 Å². The van der Waals surface area contributed by atoms with Crippen LogP contribution in [0, 0.1) is 0 Å². The molecule has 9 heteroatoms. The van der Waals surface area contributed by atoms with Crippen molar-refractivity contribution in [3.05, 3.63) is 28.8 Å². The highest BCUT2D eigenvalue weighted by Gasteiger charge is 2.14. The van der Waals surface area contributed by atoms with Crippen molar-refractivity contribution in [3.63, 3.8) is 0 Å². The Morgan fingerprint density at radius 3 is 2.81 bits per heavy atom. The zero-order chi connectivity index (χ0) is 18.4. The summed E-state index contributed by atoms with van der Waals surface area (Å²) in [5, 5.41) is 14.7. The topological polar surface area (TPSA) is 102 Å². The van der Waals surface area contributed by atoms with Crippen molar-refractivity contribution >= 4 is 28.3 Å². The lowest BCUT2D eigenvalue weighted by Crippen LogP contribution is -2.24. The van der Waals surface area contributed by atoms with E-state index < -0.39 is 0 Å². The third-order valence-corrected chi connectivity index (χ3v) is 4.58. The molecule has 0 spiro atoms. The van der Waals surface area contributed by atoms with Crippen LogP contribution in [0.25, 0.3) is 0 Å². The van der Waals surface area contributed by atoms with Crippen LogP contribution in [0.1, 0.15) is 36.8 Å². The van der Waals surface area contributed by atoms with E-state index >= 15 is 0 Å². The van der Waals surface area contributed by atoms with Gasteiger partial charge < -0.3 is 20.1 Å². The lowest BCUT2D eigenvalue weighted by molar-refractivity contribution is -0.124. The molecule has 3 rings (SSSR count). The second-order valence-corrected chi connectivity index (χ2v) is 6.83. The number of anilines is 1. The van der Waals surface area contributed by atoms with Gasteiger partial charge in [0.05, 0.1) is 0 Å². The van der Waals surface area contributed by atoms with E-state index in [0.29, 0.717) is 23.2 Å². The van der Waals surface area contributed by atoms with Gasteiger partial charge in [-0.2, -0.15) is 0 Å². The number of aromatic nitrogens is 2. The van der Waals surface area contributed by atoms with E-state index in [4.69, 9.17) is 9.47 Å². The zero-order valence-electron chi connectivity index (χ0n) is 14.4. The quantitative estimate of drug-likeness (QED) is 0.733. The van der Waals surface area contributed by atoms with Gasteiger partial charge in [-0.05, 0) is 24.1 Å². The van der Waals surface area contributed by atoms with Crippen LogP contribution in [-0.2, 0) is 22.6 Å². The van der Waals surface area contributed by atoms with Crippen LogP contribution in [0.4, 0.5) is 5.13 Å². The molecular weight excluding hydrogens is 356 g/mol. The van der Waals surface area contributed by atoms with E-state index in [2.05, 4.69) is 27.8 Å². The first-order valence-corrected chi connectivity index (χ1v) is 9.23. The highest BCUT2D eigenvalue weighted by molar-refractivity contribution is 7.15. The fourth-order valence-electron chi connectivity index (χ4n) is 2.37. The van der Waals surface area contributed by atoms with Crippen molar-refractivity contribution in [2.75, 3.05) is 12.1 Å². The molecule has 0 bridgehead atoms. The highest BCUT2D eigenvalue weighted by atomic mass is 32.1. The number of aryl methyl sites for hydroxylation is 1. The second kappa shape index (κ2) is 8.61. The van der Waals surface area contributed by atoms with Crippen LogP contribution >= 0.6 is 11.3 Å². The van der Waals surface area contributed by atoms with Gasteiger partial charge in [0, 0.05) is 25.8 Å². The molecule has 0 fully saturated rings. The number of ether oxygens (including phenoxy) is 2. The predicted octanol–water partition coefficient (Wildman–Crippen LogP) is 2.25. The Kier molecular flexibility index (Phi) is 6.00. The van der Waals surface area contributed by atoms with Crippen LogP contribution in [0.15, 0.2) is 18.2 Å². The first-order chi connectivity index (χ1) is 12.6. The molecule has 138 valence electrons. The molecule has 1 aliphatic heterocycles. The number of rotatable bonds is 8. The number of nitrogens with one attached hydrogen (secondary N) is 2. The molecule has 0 saturated carbocycles. The fourth-order valence-corrected chi connectivity index (χ4v) is 3.23. The number of fused-ring (bicyclic) bond motifs is 1. The largest absolute Gasteiger partial charge is 0.454 e. The Bertz CT molecular complexity index is 793. The molecule has 0 atom stereocenters. The molecule has 2 aromatic rings. The average molecular weight is 376 g/mol. The molecule has 1 aromatic carbocycles. The summed E-state index contributed by atoms with van der Waals surface area (Å²) in [5.41, 5.74) is 0.907. The van der Waals surface area contributed by atoms with Gasteiger partial charge in [0.1, 0.15) is 5.01 Å². The van der Waals surface area contributed by atoms with Gasteiger partial charge in [-0.25, -0.2) is 0 Å². The summed E-state index contributed by atoms with van der Waals surface area (Å²) >= 11 is 1.36. The molecule has 0 unspecified atom stereocenters. The summed E-state index contributed by atoms with van der Waals surface area (Å²) in [4.78, 5) is 23.8. The molecule has 2 N–H and O–H groups in total. The minimum atomic E-state index is -0.248. The molecule has 2 amide bonds. The van der Waals surface area contributed by atoms with Crippen molar-refractivity contribution in [1.82, 2.24) is 15.5 Å². The van der Waals surface area contributed by atoms with Crippen LogP contribution < -0.4 is 20.1 Å². The first-order valence-electron chi connectivity index (χ1n) is 8.41. The lowest BCUT2D eigenvalue weighted by Gasteiger charge is -2.06. The molecule has 1 aromatic heterocycles. The molecule has 2 heterocycles. The molecule has 0 radical (unpaired) electrons. The molecule has 0 saturated heterocycles. The zero-order valence-corrected chi connectivity index (χ0v) is 15.2. The van der Waals surface area contributed by atoms with Gasteiger partial charge in [-0.1, -0.05) is 24.3 Å². The molecular formula is C17H20N4O4S. The summed E-state index contributed by atoms with van der Waals surface area (Å²) in [7, 11) is 0. The van der Waals surface area contributed by atoms with Crippen LogP contribution in [0.5, 0.6) is 11.5 Å². The summed E-state index contributed by atoms with van der Waals surface area (Å²) in [6, 6.07) is 5.51. The molecule has 8 nitrogen and oxygen atoms in total. The van der Waals surface area contributed by atoms with E-state index in [9.17, 15) is 9.59 Å². The van der Waals surface area contributed by atoms with E-state index in [1.165, 1.54) is 11.3 Å². The minimum absolute atomic E-state index is 0.0929. The Balaban J connectivity index is 1.38. The number of benzene rings is 1. The van der Waals surface area contributed by atoms with Crippen LogP contribution in [0.3, 0.4) is 0 Å². The Morgan fingerprint density at radius 2 is 1.96 bits per heavy atom. The minimum Gasteiger partial charge on any atom is -0.454 e. The fraction of sp³-hybridized carbons (Fsp3) is 0.412. The van der Waals surface area contributed by atoms with Crippen molar-refractivity contribution in [3.8, 4) is 11.5 Å². The smallest absolute Gasteiger partial charge is 0.231 e. The summed E-state index contributed by atoms with van der Waals surface area (Å²) in [6.07, 6.45) is 2.02. The normalized spacial score (nSPS) is 12.0. The number of nitrogens with zero attached hydrogens (tertiary/aromatic N) is 2. The number of carbonyl (C=O) groups is 2. The van der Waals surface area contributed by atoms with Crippen molar-refractivity contribution in [2.24, 2.45) is 0 Å². The van der Waals surface area contributed by atoms with Gasteiger partial charge >= 0.3 is 0 Å².